The number of anilines is 1. The lowest BCUT2D eigenvalue weighted by molar-refractivity contribution is -0.138. The zero-order valence-corrected chi connectivity index (χ0v) is 22.9. The van der Waals surface area contributed by atoms with Gasteiger partial charge in [-0.25, -0.2) is 0 Å². The highest BCUT2D eigenvalue weighted by molar-refractivity contribution is 5.76. The number of hydrogen-bond acceptors (Lipinski definition) is 4. The number of hydrogen-bond donors (Lipinski definition) is 0. The topological polar surface area (TPSA) is 39.7 Å². The number of pyridine rings is 1. The molecule has 0 N–H and O–H groups in total. The molecule has 1 amide bonds. The van der Waals surface area contributed by atoms with Crippen molar-refractivity contribution in [1.29, 1.82) is 0 Å². The number of piperazine rings is 1. The van der Waals surface area contributed by atoms with Gasteiger partial charge in [-0.3, -0.25) is 14.7 Å². The normalized spacial score (nSPS) is 19.1. The summed E-state index contributed by atoms with van der Waals surface area (Å²) < 4.78 is 39.0. The van der Waals surface area contributed by atoms with Crippen LogP contribution in [0.2, 0.25) is 0 Å². The summed E-state index contributed by atoms with van der Waals surface area (Å²) in [5.41, 5.74) is 2.65. The van der Waals surface area contributed by atoms with Crippen LogP contribution < -0.4 is 4.90 Å². The van der Waals surface area contributed by atoms with Crippen molar-refractivity contribution in [3.63, 3.8) is 0 Å². The third-order valence-electron chi connectivity index (χ3n) is 7.85. The SMILES string of the molecule is C.CC(C)(C)c1ccc(N2CCN(CCCC(=O)N3CCC[C@H](Cc4cncc(C(F)(F)F)c4)C3)CC2)cc1. The number of nitrogens with zero attached hydrogens (tertiary/aromatic N) is 4. The molecule has 5 nitrogen and oxygen atoms in total. The van der Waals surface area contributed by atoms with Crippen molar-refractivity contribution >= 4 is 11.6 Å². The summed E-state index contributed by atoms with van der Waals surface area (Å²) in [6.07, 6.45) is 1.67. The van der Waals surface area contributed by atoms with Gasteiger partial charge in [0.1, 0.15) is 0 Å². The number of likely N-dealkylation sites (tertiary alicyclic amines) is 1. The third kappa shape index (κ3) is 8.69. The van der Waals surface area contributed by atoms with Crippen molar-refractivity contribution in [3.8, 4) is 0 Å². The molecule has 0 aliphatic carbocycles. The summed E-state index contributed by atoms with van der Waals surface area (Å²) in [6.45, 7) is 12.9. The van der Waals surface area contributed by atoms with Crippen LogP contribution in [0.25, 0.3) is 0 Å². The molecule has 0 spiro atoms. The van der Waals surface area contributed by atoms with E-state index in [1.165, 1.54) is 23.5 Å². The molecule has 8 heteroatoms. The molecule has 2 aliphatic heterocycles. The Hall–Kier alpha value is -2.61. The van der Waals surface area contributed by atoms with Crippen molar-refractivity contribution < 1.29 is 18.0 Å². The number of amides is 1. The number of halogens is 3. The van der Waals surface area contributed by atoms with Crippen LogP contribution >= 0.6 is 0 Å². The monoisotopic (exact) mass is 546 g/mol. The molecular formula is C31H45F3N4O. The Morgan fingerprint density at radius 2 is 1.67 bits per heavy atom. The van der Waals surface area contributed by atoms with Crippen molar-refractivity contribution in [2.75, 3.05) is 50.7 Å². The molecule has 2 fully saturated rings. The summed E-state index contributed by atoms with van der Waals surface area (Å²) >= 11 is 0. The van der Waals surface area contributed by atoms with E-state index in [4.69, 9.17) is 0 Å². The lowest BCUT2D eigenvalue weighted by Gasteiger charge is -2.36. The summed E-state index contributed by atoms with van der Waals surface area (Å²) in [5, 5.41) is 0. The molecule has 4 rings (SSSR count). The van der Waals surface area contributed by atoms with Crippen LogP contribution in [0.3, 0.4) is 0 Å². The Balaban J connectivity index is 0.00000420. The second kappa shape index (κ2) is 13.2. The van der Waals surface area contributed by atoms with Crippen molar-refractivity contribution in [2.24, 2.45) is 5.92 Å². The van der Waals surface area contributed by atoms with Crippen LogP contribution in [0, 0.1) is 5.92 Å². The molecule has 0 saturated carbocycles. The molecule has 2 saturated heterocycles. The van der Waals surface area contributed by atoms with E-state index in [1.807, 2.05) is 4.90 Å². The first-order valence-electron chi connectivity index (χ1n) is 13.9. The maximum absolute atomic E-state index is 13.0. The summed E-state index contributed by atoms with van der Waals surface area (Å²) in [5.74, 6) is 0.331. The Morgan fingerprint density at radius 3 is 2.31 bits per heavy atom. The van der Waals surface area contributed by atoms with E-state index >= 15 is 0 Å². The fourth-order valence-electron chi connectivity index (χ4n) is 5.56. The van der Waals surface area contributed by atoms with Crippen LogP contribution in [-0.2, 0) is 22.8 Å². The molecule has 3 heterocycles. The van der Waals surface area contributed by atoms with Crippen molar-refractivity contribution in [2.45, 2.75) is 71.9 Å². The molecule has 1 atom stereocenters. The predicted molar refractivity (Wildman–Crippen MR) is 152 cm³/mol. The van der Waals surface area contributed by atoms with Gasteiger partial charge in [-0.2, -0.15) is 13.2 Å². The molecule has 2 aliphatic rings. The maximum atomic E-state index is 13.0. The van der Waals surface area contributed by atoms with E-state index in [0.717, 1.165) is 64.7 Å². The van der Waals surface area contributed by atoms with Crippen LogP contribution in [0.4, 0.5) is 18.9 Å². The average molecular weight is 547 g/mol. The Bertz CT molecular complexity index is 1060. The predicted octanol–water partition coefficient (Wildman–Crippen LogP) is 6.42. The van der Waals surface area contributed by atoms with Gasteiger partial charge in [-0.1, -0.05) is 40.3 Å². The van der Waals surface area contributed by atoms with Gasteiger partial charge in [-0.15, -0.1) is 0 Å². The highest BCUT2D eigenvalue weighted by atomic mass is 19.4. The molecular weight excluding hydrogens is 501 g/mol. The third-order valence-corrected chi connectivity index (χ3v) is 7.85. The largest absolute Gasteiger partial charge is 0.417 e. The fourth-order valence-corrected chi connectivity index (χ4v) is 5.56. The van der Waals surface area contributed by atoms with E-state index in [0.29, 0.717) is 24.9 Å². The Kier molecular flexibility index (Phi) is 10.4. The Morgan fingerprint density at radius 1 is 0.974 bits per heavy atom. The number of alkyl halides is 3. The zero-order valence-electron chi connectivity index (χ0n) is 22.9. The molecule has 2 aromatic rings. The van der Waals surface area contributed by atoms with Crippen LogP contribution in [0.15, 0.2) is 42.7 Å². The second-order valence-electron chi connectivity index (χ2n) is 11.9. The molecule has 0 bridgehead atoms. The number of benzene rings is 1. The highest BCUT2D eigenvalue weighted by Crippen LogP contribution is 2.30. The van der Waals surface area contributed by atoms with Crippen LogP contribution in [-0.4, -0.2) is 66.5 Å². The van der Waals surface area contributed by atoms with E-state index in [2.05, 4.69) is 59.8 Å². The highest BCUT2D eigenvalue weighted by Gasteiger charge is 2.31. The zero-order chi connectivity index (χ0) is 27.3. The molecule has 1 aromatic carbocycles. The van der Waals surface area contributed by atoms with Gasteiger partial charge in [0.05, 0.1) is 5.56 Å². The second-order valence-corrected chi connectivity index (χ2v) is 11.9. The minimum Gasteiger partial charge on any atom is -0.369 e. The van der Waals surface area contributed by atoms with Gasteiger partial charge in [0.15, 0.2) is 0 Å². The standard InChI is InChI=1S/C30H41F3N4O.CH4/c1-29(2,3)25-8-10-27(11-9-25)36-16-14-35(15-17-36)12-5-7-28(38)37-13-4-6-23(22-37)18-24-19-26(21-34-20-24)30(31,32)33;/h8-11,19-21,23H,4-7,12-18,22H2,1-3H3;1H4/t23-;/m1./s1. The first kappa shape index (κ1) is 30.9. The lowest BCUT2D eigenvalue weighted by Crippen LogP contribution is -2.47. The van der Waals surface area contributed by atoms with Gasteiger partial charge >= 0.3 is 6.18 Å². The van der Waals surface area contributed by atoms with E-state index in [9.17, 15) is 18.0 Å². The summed E-state index contributed by atoms with van der Waals surface area (Å²) in [7, 11) is 0. The first-order valence-corrected chi connectivity index (χ1v) is 13.9. The molecule has 0 radical (unpaired) electrons. The molecule has 216 valence electrons. The number of carbonyl (C=O) groups is 1. The maximum Gasteiger partial charge on any atom is 0.417 e. The quantitative estimate of drug-likeness (QED) is 0.402. The first-order chi connectivity index (χ1) is 18.0. The minimum atomic E-state index is -4.39. The Labute approximate surface area is 232 Å². The van der Waals surface area contributed by atoms with E-state index < -0.39 is 11.7 Å². The average Bonchev–Trinajstić information content (AvgIpc) is 2.88. The lowest BCUT2D eigenvalue weighted by atomic mass is 9.87. The van der Waals surface area contributed by atoms with Gasteiger partial charge in [0.2, 0.25) is 5.91 Å². The van der Waals surface area contributed by atoms with Crippen molar-refractivity contribution in [1.82, 2.24) is 14.8 Å². The number of rotatable bonds is 7. The van der Waals surface area contributed by atoms with Crippen LogP contribution in [0.1, 0.15) is 70.6 Å². The van der Waals surface area contributed by atoms with Gasteiger partial charge in [-0.05, 0) is 72.9 Å². The van der Waals surface area contributed by atoms with Crippen LogP contribution in [0.5, 0.6) is 0 Å². The van der Waals surface area contributed by atoms with E-state index in [1.54, 1.807) is 0 Å². The molecule has 0 unspecified atom stereocenters. The molecule has 1 aromatic heterocycles. The van der Waals surface area contributed by atoms with Gasteiger partial charge < -0.3 is 9.80 Å². The van der Waals surface area contributed by atoms with Crippen molar-refractivity contribution in [3.05, 3.63) is 59.4 Å². The number of piperidine rings is 1. The minimum absolute atomic E-state index is 0. The smallest absolute Gasteiger partial charge is 0.369 e. The molecule has 39 heavy (non-hydrogen) atoms. The fraction of sp³-hybridized carbons (Fsp3) is 0.613. The summed E-state index contributed by atoms with van der Waals surface area (Å²) in [4.78, 5) is 23.5. The number of carbonyl (C=O) groups excluding carboxylic acids is 1. The number of aromatic nitrogens is 1. The van der Waals surface area contributed by atoms with E-state index in [-0.39, 0.29) is 24.7 Å². The van der Waals surface area contributed by atoms with Gasteiger partial charge in [0.25, 0.3) is 0 Å². The summed E-state index contributed by atoms with van der Waals surface area (Å²) in [6, 6.07) is 10.1. The van der Waals surface area contributed by atoms with Gasteiger partial charge in [0, 0.05) is 63.8 Å².